The fraction of sp³-hybridized carbons (Fsp3) is 0.516. The van der Waals surface area contributed by atoms with Gasteiger partial charge in [-0.1, -0.05) is 48.6 Å². The molecule has 0 radical (unpaired) electrons. The van der Waals surface area contributed by atoms with Crippen LogP contribution >= 0.6 is 0 Å². The zero-order chi connectivity index (χ0) is 31.9. The van der Waals surface area contributed by atoms with Gasteiger partial charge < -0.3 is 25.2 Å². The Labute approximate surface area is 256 Å². The number of rotatable bonds is 7. The predicted octanol–water partition coefficient (Wildman–Crippen LogP) is 3.46. The summed E-state index contributed by atoms with van der Waals surface area (Å²) >= 11 is 0. The van der Waals surface area contributed by atoms with Crippen LogP contribution in [0.1, 0.15) is 47.9 Å². The minimum atomic E-state index is -4.67. The summed E-state index contributed by atoms with van der Waals surface area (Å²) < 4.78 is 76.4. The third kappa shape index (κ3) is 9.04. The van der Waals surface area contributed by atoms with Crippen molar-refractivity contribution >= 4 is 15.9 Å². The summed E-state index contributed by atoms with van der Waals surface area (Å²) in [6.07, 6.45) is -3.15. The number of β-amino-alcohol motifs (C(OH)–C–C–N with tert-alkyl or cyclic N) is 1. The lowest BCUT2D eigenvalue weighted by Gasteiger charge is -2.31. The van der Waals surface area contributed by atoms with Crippen molar-refractivity contribution in [2.45, 2.75) is 62.0 Å². The van der Waals surface area contributed by atoms with Crippen LogP contribution in [0.4, 0.5) is 13.2 Å². The van der Waals surface area contributed by atoms with Crippen LogP contribution < -0.4 is 15.4 Å². The molecule has 1 amide bonds. The molecule has 0 unspecified atom stereocenters. The predicted molar refractivity (Wildman–Crippen MR) is 160 cm³/mol. The molecule has 9 nitrogen and oxygen atoms in total. The van der Waals surface area contributed by atoms with Gasteiger partial charge in [0.1, 0.15) is 11.8 Å². The zero-order valence-corrected chi connectivity index (χ0v) is 25.6. The maximum Gasteiger partial charge on any atom is 0.390 e. The largest absolute Gasteiger partial charge is 0.497 e. The zero-order valence-electron chi connectivity index (χ0n) is 24.8. The fourth-order valence-corrected chi connectivity index (χ4v) is 7.00. The number of aliphatic hydroxyl groups is 1. The number of aliphatic hydroxyl groups excluding tert-OH is 1. The van der Waals surface area contributed by atoms with Crippen LogP contribution in [0.25, 0.3) is 0 Å². The van der Waals surface area contributed by atoms with Gasteiger partial charge in [-0.05, 0) is 48.1 Å². The van der Waals surface area contributed by atoms with E-state index in [0.29, 0.717) is 16.7 Å². The molecule has 3 N–H and O–H groups in total. The summed E-state index contributed by atoms with van der Waals surface area (Å²) in [6, 6.07) is 12.8. The molecule has 0 spiro atoms. The number of hydrogen-bond acceptors (Lipinski definition) is 7. The molecule has 1 aliphatic carbocycles. The number of hydrogen-bond donors (Lipinski definition) is 3. The highest BCUT2D eigenvalue weighted by Crippen LogP contribution is 2.42. The molecule has 1 heterocycles. The smallest absolute Gasteiger partial charge is 0.390 e. The van der Waals surface area contributed by atoms with E-state index in [9.17, 15) is 31.5 Å². The van der Waals surface area contributed by atoms with Crippen molar-refractivity contribution in [2.75, 3.05) is 39.7 Å². The second-order valence-corrected chi connectivity index (χ2v) is 13.4. The molecular weight excluding hydrogens is 599 g/mol. The number of ether oxygens (including phenoxy) is 2. The van der Waals surface area contributed by atoms with Gasteiger partial charge in [0, 0.05) is 25.6 Å². The molecule has 2 aromatic carbocycles. The molecule has 0 saturated carbocycles. The number of alkyl halides is 3. The standard InChI is InChI=1S/C31H40F3N3O6S/c1-37(44(40,41)15-13-31(32,33)34)28-10-6-7-14-43-20-22-17-26(25-18-23(42-2)11-12-24(22)25)35-19-29(38)27(36-30(28)39)16-21-8-4-3-5-9-21/h3-9,11-12,18,22,26-29,35,38H,10,13-17,19-20H2,1-2H3,(H,36,39)/t22-,26-,27-,28-,29+/m0/s1. The van der Waals surface area contributed by atoms with Gasteiger partial charge in [0.2, 0.25) is 15.9 Å². The van der Waals surface area contributed by atoms with Gasteiger partial charge in [0.25, 0.3) is 0 Å². The normalized spacial score (nSPS) is 25.4. The van der Waals surface area contributed by atoms with Crippen LogP contribution in [0.5, 0.6) is 5.75 Å². The summed E-state index contributed by atoms with van der Waals surface area (Å²) in [5.41, 5.74) is 2.99. The number of carbonyl (C=O) groups is 1. The Bertz CT molecular complexity index is 1390. The van der Waals surface area contributed by atoms with Crippen molar-refractivity contribution in [1.29, 1.82) is 0 Å². The number of sulfonamides is 1. The first-order chi connectivity index (χ1) is 20.9. The maximum absolute atomic E-state index is 13.7. The van der Waals surface area contributed by atoms with Crippen molar-refractivity contribution in [3.8, 4) is 5.75 Å². The summed E-state index contributed by atoms with van der Waals surface area (Å²) in [4.78, 5) is 13.7. The van der Waals surface area contributed by atoms with Gasteiger partial charge in [-0.25, -0.2) is 8.42 Å². The maximum atomic E-state index is 13.7. The highest BCUT2D eigenvalue weighted by atomic mass is 32.2. The van der Waals surface area contributed by atoms with E-state index in [0.717, 1.165) is 30.2 Å². The van der Waals surface area contributed by atoms with Crippen LogP contribution in [-0.2, 0) is 26.0 Å². The number of benzene rings is 2. The molecule has 2 aliphatic rings. The minimum absolute atomic E-state index is 0.0873. The first-order valence-corrected chi connectivity index (χ1v) is 16.2. The number of halogens is 3. The van der Waals surface area contributed by atoms with Crippen LogP contribution in [0.15, 0.2) is 60.7 Å². The molecule has 4 rings (SSSR count). The first kappa shape index (κ1) is 33.9. The van der Waals surface area contributed by atoms with Crippen molar-refractivity contribution in [2.24, 2.45) is 0 Å². The minimum Gasteiger partial charge on any atom is -0.497 e. The van der Waals surface area contributed by atoms with Crippen molar-refractivity contribution in [1.82, 2.24) is 14.9 Å². The third-order valence-electron chi connectivity index (χ3n) is 8.18. The van der Waals surface area contributed by atoms with Gasteiger partial charge in [0.05, 0.1) is 44.6 Å². The molecule has 2 bridgehead atoms. The van der Waals surface area contributed by atoms with E-state index in [-0.39, 0.29) is 38.0 Å². The van der Waals surface area contributed by atoms with Crippen LogP contribution in [0, 0.1) is 0 Å². The summed E-state index contributed by atoms with van der Waals surface area (Å²) in [5.74, 6) is -1.11. The van der Waals surface area contributed by atoms with E-state index in [4.69, 9.17) is 9.47 Å². The lowest BCUT2D eigenvalue weighted by Crippen LogP contribution is -2.55. The number of methoxy groups -OCH3 is 1. The SMILES string of the molecule is COc1ccc2c(c1)[C@@H]1C[C@H]2COCC=CC[C@H](N(C)S(=O)(=O)CCC(F)(F)F)C(=O)N[C@@H](Cc2ccccc2)[C@H](O)CN1. The average molecular weight is 640 g/mol. The van der Waals surface area contributed by atoms with E-state index in [1.165, 1.54) is 0 Å². The van der Waals surface area contributed by atoms with Crippen molar-refractivity contribution < 1.29 is 41.0 Å². The topological polar surface area (TPSA) is 117 Å². The summed E-state index contributed by atoms with van der Waals surface area (Å²) in [5, 5.41) is 17.6. The van der Waals surface area contributed by atoms with Crippen LogP contribution in [0.3, 0.4) is 0 Å². The number of nitrogens with zero attached hydrogens (tertiary/aromatic N) is 1. The fourth-order valence-electron chi connectivity index (χ4n) is 5.65. The van der Waals surface area contributed by atoms with Gasteiger partial charge >= 0.3 is 6.18 Å². The Morgan fingerprint density at radius 1 is 1.11 bits per heavy atom. The molecule has 13 heteroatoms. The highest BCUT2D eigenvalue weighted by molar-refractivity contribution is 7.89. The number of likely N-dealkylation sites (N-methyl/N-ethyl adjacent to an activating group) is 1. The van der Waals surface area contributed by atoms with E-state index >= 15 is 0 Å². The highest BCUT2D eigenvalue weighted by Gasteiger charge is 2.37. The molecule has 242 valence electrons. The van der Waals surface area contributed by atoms with E-state index in [2.05, 4.69) is 10.6 Å². The Morgan fingerprint density at radius 2 is 1.86 bits per heavy atom. The third-order valence-corrected chi connectivity index (χ3v) is 10.0. The number of fused-ring (bicyclic) bond motifs is 5. The van der Waals surface area contributed by atoms with Crippen molar-refractivity contribution in [3.05, 3.63) is 77.4 Å². The van der Waals surface area contributed by atoms with Crippen molar-refractivity contribution in [3.63, 3.8) is 0 Å². The number of amides is 1. The Hall–Kier alpha value is -2.97. The van der Waals surface area contributed by atoms with E-state index in [1.807, 2.05) is 48.5 Å². The van der Waals surface area contributed by atoms with E-state index < -0.39 is 52.5 Å². The Balaban J connectivity index is 1.62. The quantitative estimate of drug-likeness (QED) is 0.398. The molecule has 1 aliphatic heterocycles. The molecule has 2 aromatic rings. The lowest BCUT2D eigenvalue weighted by atomic mass is 9.99. The van der Waals surface area contributed by atoms with Gasteiger partial charge in [-0.15, -0.1) is 0 Å². The second-order valence-electron chi connectivity index (χ2n) is 11.2. The first-order valence-electron chi connectivity index (χ1n) is 14.6. The van der Waals surface area contributed by atoms with Crippen LogP contribution in [0.2, 0.25) is 0 Å². The summed E-state index contributed by atoms with van der Waals surface area (Å²) in [7, 11) is -1.74. The summed E-state index contributed by atoms with van der Waals surface area (Å²) in [6.45, 7) is 0.724. The monoisotopic (exact) mass is 639 g/mol. The van der Waals surface area contributed by atoms with Gasteiger partial charge in [-0.3, -0.25) is 4.79 Å². The molecule has 44 heavy (non-hydrogen) atoms. The Kier molecular flexibility index (Phi) is 11.5. The van der Waals surface area contributed by atoms with E-state index in [1.54, 1.807) is 19.3 Å². The molecule has 0 aromatic heterocycles. The molecule has 0 saturated heterocycles. The van der Waals surface area contributed by atoms with Gasteiger partial charge in [-0.2, -0.15) is 17.5 Å². The molecular formula is C31H40F3N3O6S. The number of carbonyl (C=O) groups excluding carboxylic acids is 1. The molecule has 0 fully saturated rings. The van der Waals surface area contributed by atoms with Gasteiger partial charge in [0.15, 0.2) is 0 Å². The van der Waals surface area contributed by atoms with Crippen LogP contribution in [-0.4, -0.2) is 87.8 Å². The second kappa shape index (κ2) is 14.9. The average Bonchev–Trinajstić information content (AvgIpc) is 3.34. The lowest BCUT2D eigenvalue weighted by molar-refractivity contribution is -0.130. The number of nitrogens with one attached hydrogen (secondary N) is 2. The Morgan fingerprint density at radius 3 is 2.57 bits per heavy atom. The molecule has 5 atom stereocenters.